The zero-order valence-corrected chi connectivity index (χ0v) is 24.2. The van der Waals surface area contributed by atoms with Crippen molar-refractivity contribution in [3.63, 3.8) is 0 Å². The van der Waals surface area contributed by atoms with Gasteiger partial charge in [-0.25, -0.2) is 22.6 Å². The smallest absolute Gasteiger partial charge is 0.291 e. The summed E-state index contributed by atoms with van der Waals surface area (Å²) in [4.78, 5) is 13.3. The molecule has 5 aliphatic rings. The number of halogens is 4. The van der Waals surface area contributed by atoms with Crippen molar-refractivity contribution in [1.29, 1.82) is 0 Å². The third-order valence-corrected chi connectivity index (χ3v) is 9.88. The van der Waals surface area contributed by atoms with E-state index in [0.29, 0.717) is 61.0 Å². The van der Waals surface area contributed by atoms with Crippen LogP contribution in [-0.2, 0) is 4.74 Å². The average molecular weight is 600 g/mol. The quantitative estimate of drug-likeness (QED) is 0.396. The molecule has 230 valence electrons. The van der Waals surface area contributed by atoms with Crippen molar-refractivity contribution in [1.82, 2.24) is 14.8 Å². The molecule has 0 amide bonds. The molecule has 0 spiro atoms. The van der Waals surface area contributed by atoms with Crippen LogP contribution in [0.2, 0.25) is 0 Å². The monoisotopic (exact) mass is 599 g/mol. The minimum Gasteiger partial charge on any atom is -0.508 e. The van der Waals surface area contributed by atoms with Gasteiger partial charge >= 0.3 is 0 Å². The summed E-state index contributed by atoms with van der Waals surface area (Å²) >= 11 is 0. The van der Waals surface area contributed by atoms with Crippen LogP contribution in [0.4, 0.5) is 23.2 Å². The molecule has 3 saturated heterocycles. The van der Waals surface area contributed by atoms with Gasteiger partial charge in [0.1, 0.15) is 42.7 Å². The first-order valence-corrected chi connectivity index (χ1v) is 15.4. The Bertz CT molecular complexity index is 1470. The lowest BCUT2D eigenvalue weighted by Crippen LogP contribution is -2.45. The molecule has 3 fully saturated rings. The standard InChI is InChI=1S/C32H37F4N5O2/c1-2-22-25(35)7-6-18-11-21(42)12-23(26(18)22)28-27(36)29-24(14-37-28)30(40-9-3-5-19(33)15-40)39-31(38-29)43-17-32-8-4-10-41(32)16-20(34)13-32/h6-7,11-12,14,19-20,22,25,30,42H,2-5,8-10,13,15-17H2,1H3,(H,38,39)/t19?,20?,22?,25?,30?,32-/m0/s1. The number of fused-ring (bicyclic) bond motifs is 3. The normalized spacial score (nSPS) is 32.1. The number of ether oxygens (including phenoxy) is 1. The number of piperidine rings is 1. The number of likely N-dealkylation sites (tertiary alicyclic amines) is 1. The van der Waals surface area contributed by atoms with Crippen LogP contribution in [0.25, 0.3) is 17.3 Å². The Morgan fingerprint density at radius 2 is 2.00 bits per heavy atom. The minimum absolute atomic E-state index is 0.0296. The van der Waals surface area contributed by atoms with E-state index in [1.165, 1.54) is 18.3 Å². The SMILES string of the molecule is CCC1c2c(cc(O)cc2-c2ncc3c(c2F)NC(OC[C@@]24CCCN2CC(F)C4)=NC3N2CCCC(F)C2)C=CC1F. The predicted molar refractivity (Wildman–Crippen MR) is 157 cm³/mol. The number of aromatic nitrogens is 1. The highest BCUT2D eigenvalue weighted by Gasteiger charge is 2.49. The third kappa shape index (κ3) is 4.98. The molecule has 43 heavy (non-hydrogen) atoms. The number of nitrogens with zero attached hydrogens (tertiary/aromatic N) is 4. The van der Waals surface area contributed by atoms with Crippen molar-refractivity contribution in [2.45, 2.75) is 81.6 Å². The highest BCUT2D eigenvalue weighted by atomic mass is 19.1. The van der Waals surface area contributed by atoms with E-state index < -0.39 is 42.0 Å². The van der Waals surface area contributed by atoms with E-state index >= 15 is 4.39 Å². The van der Waals surface area contributed by atoms with Crippen LogP contribution in [0.3, 0.4) is 0 Å². The van der Waals surface area contributed by atoms with Crippen molar-refractivity contribution in [3.8, 4) is 17.0 Å². The summed E-state index contributed by atoms with van der Waals surface area (Å²) in [6, 6.07) is 3.07. The van der Waals surface area contributed by atoms with Crippen LogP contribution in [0, 0.1) is 5.82 Å². The number of alkyl halides is 3. The van der Waals surface area contributed by atoms with Gasteiger partial charge in [0.25, 0.3) is 6.02 Å². The maximum Gasteiger partial charge on any atom is 0.291 e. The molecule has 1 aromatic carbocycles. The molecule has 5 heterocycles. The molecule has 2 N–H and O–H groups in total. The molecule has 0 saturated carbocycles. The Morgan fingerprint density at radius 1 is 1.14 bits per heavy atom. The van der Waals surface area contributed by atoms with Gasteiger partial charge in [-0.05, 0) is 68.0 Å². The fourth-order valence-electron chi connectivity index (χ4n) is 7.83. The van der Waals surface area contributed by atoms with Crippen molar-refractivity contribution in [3.05, 3.63) is 46.9 Å². The summed E-state index contributed by atoms with van der Waals surface area (Å²) in [7, 11) is 0. The molecule has 0 radical (unpaired) electrons. The fourth-order valence-corrected chi connectivity index (χ4v) is 7.83. The number of aromatic hydroxyl groups is 1. The largest absolute Gasteiger partial charge is 0.508 e. The lowest BCUT2D eigenvalue weighted by molar-refractivity contribution is 0.0907. The van der Waals surface area contributed by atoms with Gasteiger partial charge in [-0.3, -0.25) is 14.8 Å². The number of phenolic OH excluding ortho intramolecular Hbond substituents is 1. The number of rotatable bonds is 5. The second-order valence-corrected chi connectivity index (χ2v) is 12.6. The molecule has 0 bridgehead atoms. The Hall–Kier alpha value is -3.18. The summed E-state index contributed by atoms with van der Waals surface area (Å²) in [6.45, 7) is 3.99. The molecule has 7 nitrogen and oxygen atoms in total. The molecule has 7 rings (SSSR count). The molecule has 11 heteroatoms. The van der Waals surface area contributed by atoms with Crippen molar-refractivity contribution in [2.75, 3.05) is 38.1 Å². The number of hydrogen-bond donors (Lipinski definition) is 2. The second kappa shape index (κ2) is 11.1. The van der Waals surface area contributed by atoms with Gasteiger partial charge in [-0.2, -0.15) is 0 Å². The highest BCUT2D eigenvalue weighted by molar-refractivity contribution is 5.93. The fraction of sp³-hybridized carbons (Fsp3) is 0.562. The number of benzene rings is 1. The first-order valence-electron chi connectivity index (χ1n) is 15.4. The topological polar surface area (TPSA) is 73.2 Å². The lowest BCUT2D eigenvalue weighted by atomic mass is 9.80. The van der Waals surface area contributed by atoms with Crippen molar-refractivity contribution >= 4 is 17.8 Å². The van der Waals surface area contributed by atoms with Gasteiger partial charge in [0.15, 0.2) is 5.82 Å². The summed E-state index contributed by atoms with van der Waals surface area (Å²) in [5.41, 5.74) is 1.62. The van der Waals surface area contributed by atoms with E-state index in [-0.39, 0.29) is 36.3 Å². The van der Waals surface area contributed by atoms with Crippen LogP contribution >= 0.6 is 0 Å². The van der Waals surface area contributed by atoms with E-state index in [1.807, 2.05) is 11.8 Å². The van der Waals surface area contributed by atoms with Crippen LogP contribution in [0.1, 0.15) is 74.2 Å². The summed E-state index contributed by atoms with van der Waals surface area (Å²) in [5.74, 6) is -1.29. The van der Waals surface area contributed by atoms with E-state index in [4.69, 9.17) is 9.73 Å². The Kier molecular flexibility index (Phi) is 7.36. The molecule has 1 aliphatic carbocycles. The van der Waals surface area contributed by atoms with E-state index in [1.54, 1.807) is 12.1 Å². The number of aliphatic imine (C=N–C) groups is 1. The highest BCUT2D eigenvalue weighted by Crippen LogP contribution is 2.46. The number of nitrogens with one attached hydrogen (secondary N) is 1. The predicted octanol–water partition coefficient (Wildman–Crippen LogP) is 6.26. The number of anilines is 1. The van der Waals surface area contributed by atoms with Crippen molar-refractivity contribution in [2.24, 2.45) is 4.99 Å². The van der Waals surface area contributed by atoms with Gasteiger partial charge in [-0.15, -0.1) is 0 Å². The van der Waals surface area contributed by atoms with Gasteiger partial charge in [0.05, 0.1) is 11.2 Å². The number of amidine groups is 1. The van der Waals surface area contributed by atoms with E-state index in [0.717, 1.165) is 19.4 Å². The second-order valence-electron chi connectivity index (χ2n) is 12.6. The first kappa shape index (κ1) is 28.6. The van der Waals surface area contributed by atoms with Gasteiger partial charge < -0.3 is 15.2 Å². The third-order valence-electron chi connectivity index (χ3n) is 9.88. The maximum absolute atomic E-state index is 16.7. The zero-order chi connectivity index (χ0) is 29.9. The van der Waals surface area contributed by atoms with Gasteiger partial charge in [0, 0.05) is 49.3 Å². The molecule has 2 aromatic rings. The molecular formula is C32H37F4N5O2. The first-order chi connectivity index (χ1) is 20.8. The average Bonchev–Trinajstić information content (AvgIpc) is 3.51. The number of hydrogen-bond acceptors (Lipinski definition) is 7. The molecule has 4 aliphatic heterocycles. The number of allylic oxidation sites excluding steroid dienone is 1. The van der Waals surface area contributed by atoms with Gasteiger partial charge in [0.2, 0.25) is 0 Å². The van der Waals surface area contributed by atoms with Gasteiger partial charge in [-0.1, -0.05) is 13.0 Å². The molecule has 6 atom stereocenters. The molecule has 1 aromatic heterocycles. The summed E-state index contributed by atoms with van der Waals surface area (Å²) < 4.78 is 66.8. The Labute approximate surface area is 248 Å². The minimum atomic E-state index is -1.25. The number of pyridine rings is 1. The van der Waals surface area contributed by atoms with Crippen LogP contribution in [0.15, 0.2) is 29.4 Å². The number of phenols is 1. The van der Waals surface area contributed by atoms with Crippen LogP contribution in [-0.4, -0.2) is 82.8 Å². The van der Waals surface area contributed by atoms with E-state index in [2.05, 4.69) is 15.2 Å². The zero-order valence-electron chi connectivity index (χ0n) is 24.2. The van der Waals surface area contributed by atoms with Crippen LogP contribution < -0.4 is 5.32 Å². The van der Waals surface area contributed by atoms with E-state index in [9.17, 15) is 18.3 Å². The van der Waals surface area contributed by atoms with Crippen molar-refractivity contribution < 1.29 is 27.4 Å². The molecule has 5 unspecified atom stereocenters. The van der Waals surface area contributed by atoms with Crippen LogP contribution in [0.5, 0.6) is 5.75 Å². The molecular weight excluding hydrogens is 562 g/mol. The summed E-state index contributed by atoms with van der Waals surface area (Å²) in [6.07, 6.45) is 4.39. The Balaban J connectivity index is 1.28. The maximum atomic E-state index is 16.7. The Morgan fingerprint density at radius 3 is 2.81 bits per heavy atom. The summed E-state index contributed by atoms with van der Waals surface area (Å²) in [5, 5.41) is 13.6. The lowest BCUT2D eigenvalue weighted by Gasteiger charge is -2.37.